The quantitative estimate of drug-likeness (QED) is 0.872. The van der Waals surface area contributed by atoms with E-state index < -0.39 is 22.9 Å². The van der Waals surface area contributed by atoms with E-state index >= 15 is 0 Å². The van der Waals surface area contributed by atoms with Gasteiger partial charge in [-0.15, -0.1) is 0 Å². The van der Waals surface area contributed by atoms with Crippen LogP contribution in [0, 0.1) is 0 Å². The molecule has 0 saturated heterocycles. The fourth-order valence-corrected chi connectivity index (χ4v) is 2.49. The number of rotatable bonds is 2. The van der Waals surface area contributed by atoms with E-state index in [-0.39, 0.29) is 11.7 Å². The van der Waals surface area contributed by atoms with Crippen molar-refractivity contribution >= 4 is 11.8 Å². The lowest BCUT2D eigenvalue weighted by Gasteiger charge is -2.24. The van der Waals surface area contributed by atoms with Crippen LogP contribution in [0.1, 0.15) is 52.9 Å². The number of carbonyl (C=O) groups excluding carboxylic acids is 1. The Morgan fingerprint density at radius 2 is 1.91 bits per heavy atom. The van der Waals surface area contributed by atoms with Crippen molar-refractivity contribution in [2.24, 2.45) is 0 Å². The first-order valence-electron chi connectivity index (χ1n) is 7.62. The summed E-state index contributed by atoms with van der Waals surface area (Å²) in [4.78, 5) is 37.9. The number of ether oxygens (including phenoxy) is 1. The van der Waals surface area contributed by atoms with Crippen LogP contribution in [-0.2, 0) is 4.74 Å². The van der Waals surface area contributed by atoms with Crippen molar-refractivity contribution in [3.05, 3.63) is 27.0 Å². The molecule has 1 fully saturated rings. The molecule has 2 rings (SSSR count). The molecule has 1 aromatic rings. The predicted octanol–water partition coefficient (Wildman–Crippen LogP) is 2.06. The third-order valence-electron chi connectivity index (χ3n) is 3.50. The predicted molar refractivity (Wildman–Crippen MR) is 83.5 cm³/mol. The minimum absolute atomic E-state index is 0.194. The Morgan fingerprint density at radius 3 is 2.50 bits per heavy atom. The summed E-state index contributed by atoms with van der Waals surface area (Å²) in [6.07, 6.45) is 5.80. The zero-order valence-corrected chi connectivity index (χ0v) is 13.3. The largest absolute Gasteiger partial charge is 0.443 e. The van der Waals surface area contributed by atoms with Crippen molar-refractivity contribution in [1.29, 1.82) is 0 Å². The number of H-pyrrole nitrogens is 1. The van der Waals surface area contributed by atoms with Gasteiger partial charge in [0.1, 0.15) is 11.3 Å². The highest BCUT2D eigenvalue weighted by Crippen LogP contribution is 2.20. The van der Waals surface area contributed by atoms with Crippen molar-refractivity contribution in [2.75, 3.05) is 5.32 Å². The molecule has 2 N–H and O–H groups in total. The van der Waals surface area contributed by atoms with Gasteiger partial charge in [-0.3, -0.25) is 9.78 Å². The van der Waals surface area contributed by atoms with E-state index in [1.54, 1.807) is 20.8 Å². The molecule has 0 spiro atoms. The third kappa shape index (κ3) is 4.22. The Hall–Kier alpha value is -2.05. The number of aromatic nitrogens is 2. The molecule has 22 heavy (non-hydrogen) atoms. The van der Waals surface area contributed by atoms with E-state index in [1.165, 1.54) is 12.6 Å². The summed E-state index contributed by atoms with van der Waals surface area (Å²) in [5.74, 6) is 0. The molecule has 1 saturated carbocycles. The van der Waals surface area contributed by atoms with Crippen LogP contribution in [0.4, 0.5) is 10.5 Å². The molecule has 0 unspecified atom stereocenters. The Kier molecular flexibility index (Phi) is 4.73. The van der Waals surface area contributed by atoms with Gasteiger partial charge < -0.3 is 10.1 Å². The van der Waals surface area contributed by atoms with Gasteiger partial charge in [0.25, 0.3) is 5.56 Å². The van der Waals surface area contributed by atoms with Gasteiger partial charge in [0.2, 0.25) is 0 Å². The molecule has 122 valence electrons. The summed E-state index contributed by atoms with van der Waals surface area (Å²) in [7, 11) is 0. The Morgan fingerprint density at radius 1 is 1.27 bits per heavy atom. The maximum absolute atomic E-state index is 12.0. The monoisotopic (exact) mass is 309 g/mol. The van der Waals surface area contributed by atoms with Crippen LogP contribution in [0.2, 0.25) is 0 Å². The Balaban J connectivity index is 2.24. The number of aromatic amines is 1. The molecular formula is C15H23N3O4. The van der Waals surface area contributed by atoms with E-state index in [9.17, 15) is 14.4 Å². The van der Waals surface area contributed by atoms with Gasteiger partial charge in [-0.2, -0.15) is 0 Å². The van der Waals surface area contributed by atoms with E-state index in [1.807, 2.05) is 0 Å². The highest BCUT2D eigenvalue weighted by Gasteiger charge is 2.21. The summed E-state index contributed by atoms with van der Waals surface area (Å²) in [5.41, 5.74) is -1.81. The lowest BCUT2D eigenvalue weighted by molar-refractivity contribution is 0.0528. The Bertz CT molecular complexity index is 648. The van der Waals surface area contributed by atoms with Crippen LogP contribution in [0.15, 0.2) is 15.8 Å². The first-order valence-corrected chi connectivity index (χ1v) is 7.62. The maximum Gasteiger partial charge on any atom is 0.422 e. The minimum Gasteiger partial charge on any atom is -0.443 e. The molecule has 1 aromatic heterocycles. The number of hydrogen-bond acceptors (Lipinski definition) is 5. The van der Waals surface area contributed by atoms with Crippen LogP contribution in [0.5, 0.6) is 0 Å². The van der Waals surface area contributed by atoms with Crippen LogP contribution in [0.3, 0.4) is 0 Å². The fraction of sp³-hybridized carbons (Fsp3) is 0.667. The molecule has 7 heteroatoms. The van der Waals surface area contributed by atoms with Crippen molar-refractivity contribution in [3.8, 4) is 0 Å². The molecule has 1 aliphatic rings. The summed E-state index contributed by atoms with van der Waals surface area (Å²) in [5, 5.41) is 3.12. The van der Waals surface area contributed by atoms with Gasteiger partial charge >= 0.3 is 11.8 Å². The second kappa shape index (κ2) is 6.37. The third-order valence-corrected chi connectivity index (χ3v) is 3.50. The van der Waals surface area contributed by atoms with Crippen LogP contribution in [0.25, 0.3) is 0 Å². The first kappa shape index (κ1) is 16.3. The number of nitrogens with zero attached hydrogens (tertiary/aromatic N) is 1. The van der Waals surface area contributed by atoms with Crippen molar-refractivity contribution < 1.29 is 9.53 Å². The molecule has 1 heterocycles. The SMILES string of the molecule is CC(C)(C)OC(=O)n1cc(NC2CCCCC2)c(=O)[nH]c1=O. The summed E-state index contributed by atoms with van der Waals surface area (Å²) < 4.78 is 5.95. The molecule has 0 aromatic carbocycles. The molecule has 0 bridgehead atoms. The highest BCUT2D eigenvalue weighted by atomic mass is 16.6. The van der Waals surface area contributed by atoms with Crippen molar-refractivity contribution in [1.82, 2.24) is 9.55 Å². The second-order valence-electron chi connectivity index (χ2n) is 6.63. The average Bonchev–Trinajstić information content (AvgIpc) is 2.41. The topological polar surface area (TPSA) is 93.2 Å². The number of carbonyl (C=O) groups is 1. The normalized spacial score (nSPS) is 16.3. The molecule has 0 amide bonds. The van der Waals surface area contributed by atoms with Crippen molar-refractivity contribution in [3.63, 3.8) is 0 Å². The molecule has 0 radical (unpaired) electrons. The maximum atomic E-state index is 12.0. The number of hydrogen-bond donors (Lipinski definition) is 2. The van der Waals surface area contributed by atoms with Gasteiger partial charge in [0, 0.05) is 12.2 Å². The minimum atomic E-state index is -0.805. The zero-order valence-electron chi connectivity index (χ0n) is 13.3. The second-order valence-corrected chi connectivity index (χ2v) is 6.63. The first-order chi connectivity index (χ1) is 10.3. The molecule has 0 atom stereocenters. The van der Waals surface area contributed by atoms with Crippen LogP contribution in [-0.4, -0.2) is 27.3 Å². The molecule has 1 aliphatic carbocycles. The van der Waals surface area contributed by atoms with Crippen LogP contribution >= 0.6 is 0 Å². The van der Waals surface area contributed by atoms with E-state index in [0.717, 1.165) is 30.3 Å². The van der Waals surface area contributed by atoms with E-state index in [0.29, 0.717) is 0 Å². The van der Waals surface area contributed by atoms with Gasteiger partial charge in [-0.05, 0) is 33.6 Å². The smallest absolute Gasteiger partial charge is 0.422 e. The number of anilines is 1. The average molecular weight is 309 g/mol. The number of nitrogens with one attached hydrogen (secondary N) is 2. The summed E-state index contributed by atoms with van der Waals surface area (Å²) >= 11 is 0. The van der Waals surface area contributed by atoms with Gasteiger partial charge in [0.05, 0.1) is 0 Å². The molecule has 7 nitrogen and oxygen atoms in total. The zero-order chi connectivity index (χ0) is 16.3. The van der Waals surface area contributed by atoms with Crippen molar-refractivity contribution in [2.45, 2.75) is 64.5 Å². The van der Waals surface area contributed by atoms with Crippen LogP contribution < -0.4 is 16.6 Å². The summed E-state index contributed by atoms with van der Waals surface area (Å²) in [6, 6.07) is 0.194. The molecular weight excluding hydrogens is 286 g/mol. The van der Waals surface area contributed by atoms with Gasteiger partial charge in [-0.25, -0.2) is 14.2 Å². The summed E-state index contributed by atoms with van der Waals surface area (Å²) in [6.45, 7) is 5.13. The van der Waals surface area contributed by atoms with E-state index in [2.05, 4.69) is 10.3 Å². The Labute approximate surface area is 128 Å². The van der Waals surface area contributed by atoms with Gasteiger partial charge in [-0.1, -0.05) is 19.3 Å². The fourth-order valence-electron chi connectivity index (χ4n) is 2.49. The molecule has 0 aliphatic heterocycles. The lowest BCUT2D eigenvalue weighted by atomic mass is 9.95. The lowest BCUT2D eigenvalue weighted by Crippen LogP contribution is -2.39. The highest BCUT2D eigenvalue weighted by molar-refractivity contribution is 5.71. The van der Waals surface area contributed by atoms with Gasteiger partial charge in [0.15, 0.2) is 0 Å². The van der Waals surface area contributed by atoms with E-state index in [4.69, 9.17) is 4.74 Å². The standard InChI is InChI=1S/C15H23N3O4/c1-15(2,3)22-14(21)18-9-11(12(19)17-13(18)20)16-10-7-5-4-6-8-10/h9-10,16H,4-8H2,1-3H3,(H,17,19,20).